The van der Waals surface area contributed by atoms with Crippen molar-refractivity contribution in [3.05, 3.63) is 29.6 Å². The molecule has 18 heavy (non-hydrogen) atoms. The Bertz CT molecular complexity index is 480. The van der Waals surface area contributed by atoms with Crippen molar-refractivity contribution >= 4 is 11.8 Å². The van der Waals surface area contributed by atoms with E-state index in [1.807, 2.05) is 0 Å². The fourth-order valence-electron chi connectivity index (χ4n) is 1.77. The van der Waals surface area contributed by atoms with Gasteiger partial charge in [0.2, 0.25) is 0 Å². The minimum absolute atomic E-state index is 0.200. The summed E-state index contributed by atoms with van der Waals surface area (Å²) in [6.45, 7) is 0.476. The molecule has 1 aliphatic carbocycles. The molecule has 1 aromatic rings. The summed E-state index contributed by atoms with van der Waals surface area (Å²) in [5.41, 5.74) is -0.203. The molecule has 0 heterocycles. The Labute approximate surface area is 103 Å². The Morgan fingerprint density at radius 1 is 1.33 bits per heavy atom. The molecular formula is C13H13FO4. The topological polar surface area (TPSA) is 63.6 Å². The highest BCUT2D eigenvalue weighted by atomic mass is 19.1. The van der Waals surface area contributed by atoms with Crippen LogP contribution in [-0.4, -0.2) is 23.5 Å². The zero-order valence-corrected chi connectivity index (χ0v) is 9.69. The molecule has 1 aliphatic rings. The Morgan fingerprint density at radius 3 is 2.61 bits per heavy atom. The molecule has 0 radical (unpaired) electrons. The first-order chi connectivity index (χ1) is 8.56. The highest BCUT2D eigenvalue weighted by Gasteiger charge is 2.19. The third-order valence-electron chi connectivity index (χ3n) is 3.04. The summed E-state index contributed by atoms with van der Waals surface area (Å²) in [5, 5.41) is 8.57. The molecule has 0 aromatic heterocycles. The van der Waals surface area contributed by atoms with E-state index < -0.39 is 17.6 Å². The van der Waals surface area contributed by atoms with E-state index in [1.165, 1.54) is 12.5 Å². The molecule has 0 unspecified atom stereocenters. The minimum atomic E-state index is -1.61. The SMILES string of the molecule is O=C(O)C(=O)c1cc(F)cc(OCC2CCC2)c1. The van der Waals surface area contributed by atoms with Crippen LogP contribution in [0.2, 0.25) is 0 Å². The largest absolute Gasteiger partial charge is 0.493 e. The molecule has 1 fully saturated rings. The summed E-state index contributed by atoms with van der Waals surface area (Å²) < 4.78 is 18.6. The summed E-state index contributed by atoms with van der Waals surface area (Å²) >= 11 is 0. The number of rotatable bonds is 5. The average Bonchev–Trinajstić information content (AvgIpc) is 2.25. The van der Waals surface area contributed by atoms with Crippen molar-refractivity contribution in [3.63, 3.8) is 0 Å². The van der Waals surface area contributed by atoms with Gasteiger partial charge in [0.1, 0.15) is 11.6 Å². The van der Waals surface area contributed by atoms with Crippen LogP contribution in [0.25, 0.3) is 0 Å². The van der Waals surface area contributed by atoms with Crippen molar-refractivity contribution in [2.75, 3.05) is 6.61 Å². The van der Waals surface area contributed by atoms with Gasteiger partial charge in [-0.1, -0.05) is 6.42 Å². The van der Waals surface area contributed by atoms with Crippen molar-refractivity contribution in [1.82, 2.24) is 0 Å². The summed E-state index contributed by atoms with van der Waals surface area (Å²) in [6, 6.07) is 3.31. The first kappa shape index (κ1) is 12.5. The maximum atomic E-state index is 13.2. The quantitative estimate of drug-likeness (QED) is 0.645. The minimum Gasteiger partial charge on any atom is -0.493 e. The lowest BCUT2D eigenvalue weighted by Crippen LogP contribution is -2.19. The second-order valence-corrected chi connectivity index (χ2v) is 4.42. The molecule has 0 spiro atoms. The van der Waals surface area contributed by atoms with Gasteiger partial charge in [0, 0.05) is 11.6 Å². The molecule has 1 N–H and O–H groups in total. The van der Waals surface area contributed by atoms with Crippen LogP contribution in [-0.2, 0) is 4.79 Å². The molecule has 96 valence electrons. The van der Waals surface area contributed by atoms with Gasteiger partial charge < -0.3 is 9.84 Å². The maximum absolute atomic E-state index is 13.2. The van der Waals surface area contributed by atoms with Crippen LogP contribution in [0.3, 0.4) is 0 Å². The van der Waals surface area contributed by atoms with E-state index in [4.69, 9.17) is 9.84 Å². The molecule has 0 bridgehead atoms. The normalized spacial score (nSPS) is 14.9. The van der Waals surface area contributed by atoms with Crippen molar-refractivity contribution in [2.45, 2.75) is 19.3 Å². The third kappa shape index (κ3) is 2.85. The van der Waals surface area contributed by atoms with Gasteiger partial charge in [0.05, 0.1) is 6.61 Å². The van der Waals surface area contributed by atoms with Gasteiger partial charge in [-0.15, -0.1) is 0 Å². The molecule has 0 aliphatic heterocycles. The standard InChI is InChI=1S/C13H13FO4/c14-10-4-9(12(15)13(16)17)5-11(6-10)18-7-8-2-1-3-8/h4-6,8H,1-3,7H2,(H,16,17). The van der Waals surface area contributed by atoms with Crippen molar-refractivity contribution in [2.24, 2.45) is 5.92 Å². The third-order valence-corrected chi connectivity index (χ3v) is 3.04. The molecular weight excluding hydrogens is 239 g/mol. The number of aliphatic carboxylic acids is 1. The van der Waals surface area contributed by atoms with E-state index in [1.54, 1.807) is 0 Å². The zero-order valence-electron chi connectivity index (χ0n) is 9.69. The number of ketones is 1. The van der Waals surface area contributed by atoms with E-state index in [9.17, 15) is 14.0 Å². The van der Waals surface area contributed by atoms with Gasteiger partial charge in [-0.2, -0.15) is 0 Å². The highest BCUT2D eigenvalue weighted by molar-refractivity contribution is 6.39. The molecule has 4 nitrogen and oxygen atoms in total. The Balaban J connectivity index is 2.09. The number of carboxylic acid groups (broad SMARTS) is 1. The Hall–Kier alpha value is -1.91. The van der Waals surface area contributed by atoms with Gasteiger partial charge in [-0.3, -0.25) is 4.79 Å². The number of carboxylic acids is 1. The van der Waals surface area contributed by atoms with Crippen LogP contribution in [0.15, 0.2) is 18.2 Å². The first-order valence-electron chi connectivity index (χ1n) is 5.77. The Morgan fingerprint density at radius 2 is 2.06 bits per heavy atom. The van der Waals surface area contributed by atoms with Gasteiger partial charge in [0.25, 0.3) is 5.78 Å². The fourth-order valence-corrected chi connectivity index (χ4v) is 1.77. The lowest BCUT2D eigenvalue weighted by Gasteiger charge is -2.25. The predicted octanol–water partition coefficient (Wildman–Crippen LogP) is 2.27. The number of ether oxygens (including phenoxy) is 1. The molecule has 1 aromatic carbocycles. The van der Waals surface area contributed by atoms with Gasteiger partial charge >= 0.3 is 5.97 Å². The lowest BCUT2D eigenvalue weighted by molar-refractivity contribution is -0.131. The van der Waals surface area contributed by atoms with E-state index in [-0.39, 0.29) is 11.3 Å². The highest BCUT2D eigenvalue weighted by Crippen LogP contribution is 2.27. The molecule has 0 amide bonds. The molecule has 5 heteroatoms. The summed E-state index contributed by atoms with van der Waals surface area (Å²) in [6.07, 6.45) is 3.37. The van der Waals surface area contributed by atoms with Crippen LogP contribution >= 0.6 is 0 Å². The van der Waals surface area contributed by atoms with E-state index in [0.717, 1.165) is 25.0 Å². The molecule has 2 rings (SSSR count). The number of Topliss-reactive ketones (excluding diaryl/α,β-unsaturated/α-hetero) is 1. The summed E-state index contributed by atoms with van der Waals surface area (Å²) in [7, 11) is 0. The van der Waals surface area contributed by atoms with Crippen LogP contribution in [0.4, 0.5) is 4.39 Å². The Kier molecular flexibility index (Phi) is 3.60. The maximum Gasteiger partial charge on any atom is 0.377 e. The van der Waals surface area contributed by atoms with Gasteiger partial charge in [-0.25, -0.2) is 9.18 Å². The van der Waals surface area contributed by atoms with Crippen molar-refractivity contribution in [3.8, 4) is 5.75 Å². The molecule has 1 saturated carbocycles. The number of carbonyl (C=O) groups is 2. The smallest absolute Gasteiger partial charge is 0.377 e. The molecule has 0 atom stereocenters. The predicted molar refractivity (Wildman–Crippen MR) is 61.2 cm³/mol. The van der Waals surface area contributed by atoms with Crippen LogP contribution in [0.1, 0.15) is 29.6 Å². The van der Waals surface area contributed by atoms with E-state index in [2.05, 4.69) is 0 Å². The number of hydrogen-bond acceptors (Lipinski definition) is 3. The first-order valence-corrected chi connectivity index (χ1v) is 5.77. The summed E-state index contributed by atoms with van der Waals surface area (Å²) in [5.74, 6) is -2.74. The van der Waals surface area contributed by atoms with Gasteiger partial charge in [0.15, 0.2) is 0 Å². The van der Waals surface area contributed by atoms with Gasteiger partial charge in [-0.05, 0) is 30.9 Å². The van der Waals surface area contributed by atoms with Crippen molar-refractivity contribution < 1.29 is 23.8 Å². The monoisotopic (exact) mass is 252 g/mol. The zero-order chi connectivity index (χ0) is 13.1. The average molecular weight is 252 g/mol. The van der Waals surface area contributed by atoms with E-state index >= 15 is 0 Å². The second kappa shape index (κ2) is 5.16. The number of carbonyl (C=O) groups excluding carboxylic acids is 1. The number of halogens is 1. The van der Waals surface area contributed by atoms with E-state index in [0.29, 0.717) is 12.5 Å². The lowest BCUT2D eigenvalue weighted by atomic mass is 9.86. The van der Waals surface area contributed by atoms with Crippen LogP contribution in [0.5, 0.6) is 5.75 Å². The number of hydrogen-bond donors (Lipinski definition) is 1. The number of benzene rings is 1. The second-order valence-electron chi connectivity index (χ2n) is 4.42. The fraction of sp³-hybridized carbons (Fsp3) is 0.385. The summed E-state index contributed by atoms with van der Waals surface area (Å²) in [4.78, 5) is 21.8. The molecule has 0 saturated heterocycles. The van der Waals surface area contributed by atoms with Crippen LogP contribution < -0.4 is 4.74 Å². The van der Waals surface area contributed by atoms with Crippen LogP contribution in [0, 0.1) is 11.7 Å². The van der Waals surface area contributed by atoms with Crippen molar-refractivity contribution in [1.29, 1.82) is 0 Å².